The standard InChI is InChI=1S/C12H23NO/c1-3-10(2)12(14)8-7-11-6-4-5-9-13-11/h10-11,13H,3-9H2,1-2H3. The lowest BCUT2D eigenvalue weighted by Gasteiger charge is -2.23. The van der Waals surface area contributed by atoms with E-state index in [-0.39, 0.29) is 5.92 Å². The number of rotatable bonds is 5. The second kappa shape index (κ2) is 6.18. The van der Waals surface area contributed by atoms with Gasteiger partial charge in [-0.15, -0.1) is 0 Å². The van der Waals surface area contributed by atoms with Crippen molar-refractivity contribution in [2.75, 3.05) is 6.54 Å². The highest BCUT2D eigenvalue weighted by Gasteiger charge is 2.16. The van der Waals surface area contributed by atoms with Crippen molar-refractivity contribution in [3.8, 4) is 0 Å². The van der Waals surface area contributed by atoms with Crippen molar-refractivity contribution in [1.29, 1.82) is 0 Å². The van der Waals surface area contributed by atoms with Crippen LogP contribution in [0.5, 0.6) is 0 Å². The monoisotopic (exact) mass is 197 g/mol. The van der Waals surface area contributed by atoms with E-state index in [0.717, 1.165) is 25.8 Å². The third-order valence-corrected chi connectivity index (χ3v) is 3.31. The highest BCUT2D eigenvalue weighted by molar-refractivity contribution is 5.80. The molecule has 2 unspecified atom stereocenters. The van der Waals surface area contributed by atoms with E-state index in [0.29, 0.717) is 11.8 Å². The molecule has 0 aromatic rings. The molecule has 2 heteroatoms. The van der Waals surface area contributed by atoms with E-state index in [4.69, 9.17) is 0 Å². The second-order valence-corrected chi connectivity index (χ2v) is 4.46. The molecule has 1 rings (SSSR count). The molecule has 0 radical (unpaired) electrons. The molecule has 0 aliphatic carbocycles. The first-order valence-corrected chi connectivity index (χ1v) is 6.00. The highest BCUT2D eigenvalue weighted by Crippen LogP contribution is 2.14. The third-order valence-electron chi connectivity index (χ3n) is 3.31. The predicted octanol–water partition coefficient (Wildman–Crippen LogP) is 2.52. The molecular weight excluding hydrogens is 174 g/mol. The topological polar surface area (TPSA) is 29.1 Å². The summed E-state index contributed by atoms with van der Waals surface area (Å²) in [6.45, 7) is 5.26. The van der Waals surface area contributed by atoms with Gasteiger partial charge < -0.3 is 5.32 Å². The molecule has 1 N–H and O–H groups in total. The molecule has 0 saturated carbocycles. The van der Waals surface area contributed by atoms with Gasteiger partial charge in [0, 0.05) is 18.4 Å². The van der Waals surface area contributed by atoms with Gasteiger partial charge in [0.15, 0.2) is 0 Å². The van der Waals surface area contributed by atoms with Crippen LogP contribution in [0.25, 0.3) is 0 Å². The van der Waals surface area contributed by atoms with Gasteiger partial charge in [-0.3, -0.25) is 4.79 Å². The Labute approximate surface area is 87.5 Å². The molecule has 0 aromatic carbocycles. The average molecular weight is 197 g/mol. The van der Waals surface area contributed by atoms with Crippen LogP contribution < -0.4 is 5.32 Å². The number of piperidine rings is 1. The van der Waals surface area contributed by atoms with Gasteiger partial charge in [0.1, 0.15) is 5.78 Å². The molecule has 82 valence electrons. The molecule has 0 spiro atoms. The molecule has 1 saturated heterocycles. The van der Waals surface area contributed by atoms with Gasteiger partial charge in [0.2, 0.25) is 0 Å². The molecule has 2 atom stereocenters. The Kier molecular flexibility index (Phi) is 5.16. The minimum absolute atomic E-state index is 0.263. The van der Waals surface area contributed by atoms with Crippen LogP contribution in [-0.4, -0.2) is 18.4 Å². The van der Waals surface area contributed by atoms with Crippen molar-refractivity contribution < 1.29 is 4.79 Å². The van der Waals surface area contributed by atoms with Crippen molar-refractivity contribution in [2.24, 2.45) is 5.92 Å². The Bertz CT molecular complexity index is 173. The molecule has 0 aromatic heterocycles. The maximum absolute atomic E-state index is 11.6. The average Bonchev–Trinajstić information content (AvgIpc) is 2.26. The van der Waals surface area contributed by atoms with Crippen LogP contribution in [0.2, 0.25) is 0 Å². The molecule has 1 fully saturated rings. The molecule has 1 aliphatic heterocycles. The second-order valence-electron chi connectivity index (χ2n) is 4.46. The maximum Gasteiger partial charge on any atom is 0.135 e. The number of hydrogen-bond donors (Lipinski definition) is 1. The van der Waals surface area contributed by atoms with Crippen LogP contribution in [0.15, 0.2) is 0 Å². The molecule has 1 heterocycles. The minimum atomic E-state index is 0.263. The van der Waals surface area contributed by atoms with E-state index in [1.54, 1.807) is 0 Å². The summed E-state index contributed by atoms with van der Waals surface area (Å²) in [6.07, 6.45) is 6.69. The van der Waals surface area contributed by atoms with Gasteiger partial charge in [-0.25, -0.2) is 0 Å². The molecule has 14 heavy (non-hydrogen) atoms. The first kappa shape index (κ1) is 11.7. The summed E-state index contributed by atoms with van der Waals surface area (Å²) < 4.78 is 0. The fourth-order valence-corrected chi connectivity index (χ4v) is 1.96. The first-order valence-electron chi connectivity index (χ1n) is 6.00. The summed E-state index contributed by atoms with van der Waals surface area (Å²) in [7, 11) is 0. The highest BCUT2D eigenvalue weighted by atomic mass is 16.1. The largest absolute Gasteiger partial charge is 0.314 e. The minimum Gasteiger partial charge on any atom is -0.314 e. The van der Waals surface area contributed by atoms with E-state index in [2.05, 4.69) is 12.2 Å². The zero-order valence-electron chi connectivity index (χ0n) is 9.51. The van der Waals surface area contributed by atoms with Crippen molar-refractivity contribution in [3.63, 3.8) is 0 Å². The lowest BCUT2D eigenvalue weighted by atomic mass is 9.94. The number of Topliss-reactive ketones (excluding diaryl/α,β-unsaturated/α-hetero) is 1. The van der Waals surface area contributed by atoms with Crippen molar-refractivity contribution in [1.82, 2.24) is 5.32 Å². The molecule has 2 nitrogen and oxygen atoms in total. The van der Waals surface area contributed by atoms with E-state index in [1.807, 2.05) is 6.92 Å². The SMILES string of the molecule is CCC(C)C(=O)CCC1CCCCN1. The molecule has 0 bridgehead atoms. The molecular formula is C12H23NO. The number of carbonyl (C=O) groups excluding carboxylic acids is 1. The van der Waals surface area contributed by atoms with Crippen LogP contribution in [0.3, 0.4) is 0 Å². The number of nitrogens with one attached hydrogen (secondary N) is 1. The van der Waals surface area contributed by atoms with Crippen LogP contribution in [0, 0.1) is 5.92 Å². The fourth-order valence-electron chi connectivity index (χ4n) is 1.96. The third kappa shape index (κ3) is 3.79. The van der Waals surface area contributed by atoms with Gasteiger partial charge in [-0.05, 0) is 32.2 Å². The van der Waals surface area contributed by atoms with Crippen molar-refractivity contribution in [3.05, 3.63) is 0 Å². The Morgan fingerprint density at radius 3 is 2.86 bits per heavy atom. The fraction of sp³-hybridized carbons (Fsp3) is 0.917. The predicted molar refractivity (Wildman–Crippen MR) is 59.3 cm³/mol. The van der Waals surface area contributed by atoms with Crippen molar-refractivity contribution in [2.45, 2.75) is 58.4 Å². The Balaban J connectivity index is 2.15. The summed E-state index contributed by atoms with van der Waals surface area (Å²) in [5.74, 6) is 0.707. The number of hydrogen-bond acceptors (Lipinski definition) is 2. The number of carbonyl (C=O) groups is 1. The lowest BCUT2D eigenvalue weighted by molar-refractivity contribution is -0.122. The van der Waals surface area contributed by atoms with Gasteiger partial charge >= 0.3 is 0 Å². The molecule has 0 amide bonds. The lowest BCUT2D eigenvalue weighted by Crippen LogP contribution is -2.34. The van der Waals surface area contributed by atoms with Gasteiger partial charge in [0.25, 0.3) is 0 Å². The van der Waals surface area contributed by atoms with Crippen molar-refractivity contribution >= 4 is 5.78 Å². The van der Waals surface area contributed by atoms with E-state index >= 15 is 0 Å². The molecule has 1 aliphatic rings. The Morgan fingerprint density at radius 2 is 2.29 bits per heavy atom. The van der Waals surface area contributed by atoms with Crippen LogP contribution in [-0.2, 0) is 4.79 Å². The van der Waals surface area contributed by atoms with E-state index in [9.17, 15) is 4.79 Å². The van der Waals surface area contributed by atoms with Crippen LogP contribution in [0.1, 0.15) is 52.4 Å². The van der Waals surface area contributed by atoms with Gasteiger partial charge in [-0.2, -0.15) is 0 Å². The maximum atomic E-state index is 11.6. The quantitative estimate of drug-likeness (QED) is 0.733. The zero-order chi connectivity index (χ0) is 10.4. The van der Waals surface area contributed by atoms with Gasteiger partial charge in [-0.1, -0.05) is 20.3 Å². The summed E-state index contributed by atoms with van der Waals surface area (Å²) in [5, 5.41) is 3.48. The van der Waals surface area contributed by atoms with Crippen LogP contribution in [0.4, 0.5) is 0 Å². The normalized spacial score (nSPS) is 24.6. The number of ketones is 1. The smallest absolute Gasteiger partial charge is 0.135 e. The van der Waals surface area contributed by atoms with E-state index < -0.39 is 0 Å². The van der Waals surface area contributed by atoms with E-state index in [1.165, 1.54) is 19.3 Å². The summed E-state index contributed by atoms with van der Waals surface area (Å²) in [6, 6.07) is 0.608. The summed E-state index contributed by atoms with van der Waals surface area (Å²) >= 11 is 0. The van der Waals surface area contributed by atoms with Gasteiger partial charge in [0.05, 0.1) is 0 Å². The Hall–Kier alpha value is -0.370. The zero-order valence-corrected chi connectivity index (χ0v) is 9.51. The van der Waals surface area contributed by atoms with Crippen LogP contribution >= 0.6 is 0 Å². The summed E-state index contributed by atoms with van der Waals surface area (Å²) in [4.78, 5) is 11.6. The Morgan fingerprint density at radius 1 is 1.50 bits per heavy atom. The summed E-state index contributed by atoms with van der Waals surface area (Å²) in [5.41, 5.74) is 0. The first-order chi connectivity index (χ1) is 6.74.